The van der Waals surface area contributed by atoms with Crippen molar-refractivity contribution in [1.82, 2.24) is 0 Å². The average Bonchev–Trinajstić information content (AvgIpc) is 3.22. The van der Waals surface area contributed by atoms with Gasteiger partial charge in [0.25, 0.3) is 0 Å². The molecule has 2 saturated heterocycles. The summed E-state index contributed by atoms with van der Waals surface area (Å²) in [7, 11) is 4.35. The number of aliphatic hydroxyl groups is 1. The first-order chi connectivity index (χ1) is 28.3. The SMILES string of the molecule is C=C(C[N+]1(C)CCN(c2ccc(/C=C/C(=O)/C=C(O)/C=C/c3ccc(N4CC[N+](C)(CC(=C)C(=O)OCCCCCC)CC4)cc3)cc2)CC1)C(=O)OCCCCCC. The minimum absolute atomic E-state index is 0.118. The maximum Gasteiger partial charge on any atom is 0.339 e. The number of carbonyl (C=O) groups is 3. The van der Waals surface area contributed by atoms with Gasteiger partial charge in [-0.2, -0.15) is 0 Å². The topological polar surface area (TPSA) is 96.4 Å². The Morgan fingerprint density at radius 1 is 0.627 bits per heavy atom. The van der Waals surface area contributed by atoms with Crippen LogP contribution in [0.1, 0.15) is 76.3 Å². The Morgan fingerprint density at radius 2 is 1.02 bits per heavy atom. The molecule has 2 aliphatic heterocycles. The molecule has 2 aromatic rings. The first kappa shape index (κ1) is 46.8. The van der Waals surface area contributed by atoms with Crippen molar-refractivity contribution in [1.29, 1.82) is 0 Å². The van der Waals surface area contributed by atoms with Crippen LogP contribution in [0.3, 0.4) is 0 Å². The molecule has 0 aromatic heterocycles. The summed E-state index contributed by atoms with van der Waals surface area (Å²) in [4.78, 5) is 42.2. The Bertz CT molecular complexity index is 1780. The number of benzene rings is 2. The Hall–Kier alpha value is -4.93. The maximum atomic E-state index is 12.6. The Labute approximate surface area is 353 Å². The fraction of sp³-hybridized carbons (Fsp3) is 0.490. The van der Waals surface area contributed by atoms with E-state index in [1.54, 1.807) is 12.2 Å². The van der Waals surface area contributed by atoms with Gasteiger partial charge in [0.2, 0.25) is 0 Å². The zero-order valence-corrected chi connectivity index (χ0v) is 36.3. The summed E-state index contributed by atoms with van der Waals surface area (Å²) in [5.74, 6) is -0.976. The molecular weight excluding hydrogens is 741 g/mol. The predicted molar refractivity (Wildman–Crippen MR) is 241 cm³/mol. The summed E-state index contributed by atoms with van der Waals surface area (Å²) < 4.78 is 12.4. The average molecular weight is 811 g/mol. The van der Waals surface area contributed by atoms with Gasteiger partial charge in [0.15, 0.2) is 5.78 Å². The third-order valence-electron chi connectivity index (χ3n) is 11.5. The number of esters is 2. The predicted octanol–water partition coefficient (Wildman–Crippen LogP) is 8.32. The van der Waals surface area contributed by atoms with Gasteiger partial charge in [-0.25, -0.2) is 9.59 Å². The van der Waals surface area contributed by atoms with Crippen molar-refractivity contribution in [3.8, 4) is 0 Å². The van der Waals surface area contributed by atoms with E-state index in [9.17, 15) is 19.5 Å². The van der Waals surface area contributed by atoms with Gasteiger partial charge in [0, 0.05) is 17.5 Å². The number of unbranched alkanes of at least 4 members (excludes halogenated alkanes) is 6. The number of anilines is 2. The van der Waals surface area contributed by atoms with Crippen molar-refractivity contribution in [2.45, 2.75) is 65.2 Å². The lowest BCUT2D eigenvalue weighted by atomic mass is 10.1. The van der Waals surface area contributed by atoms with Crippen LogP contribution in [0.25, 0.3) is 12.2 Å². The molecule has 10 nitrogen and oxygen atoms in total. The van der Waals surface area contributed by atoms with Crippen LogP contribution in [0.15, 0.2) is 96.8 Å². The smallest absolute Gasteiger partial charge is 0.339 e. The van der Waals surface area contributed by atoms with Gasteiger partial charge in [-0.05, 0) is 60.4 Å². The fourth-order valence-corrected chi connectivity index (χ4v) is 7.57. The second-order valence-corrected chi connectivity index (χ2v) is 16.8. The summed E-state index contributed by atoms with van der Waals surface area (Å²) in [5.41, 5.74) is 5.12. The van der Waals surface area contributed by atoms with Gasteiger partial charge in [-0.1, -0.05) is 102 Å². The normalized spacial score (nSPS) is 16.6. The molecule has 0 spiro atoms. The van der Waals surface area contributed by atoms with Crippen molar-refractivity contribution in [3.05, 3.63) is 108 Å². The Balaban J connectivity index is 1.17. The van der Waals surface area contributed by atoms with E-state index in [2.05, 4.69) is 75.2 Å². The molecule has 0 atom stereocenters. The van der Waals surface area contributed by atoms with Gasteiger partial charge >= 0.3 is 11.9 Å². The molecular formula is C49H70N4O6+2. The molecule has 0 bridgehead atoms. The molecule has 0 saturated carbocycles. The fourth-order valence-electron chi connectivity index (χ4n) is 7.57. The highest BCUT2D eigenvalue weighted by Gasteiger charge is 2.32. The van der Waals surface area contributed by atoms with E-state index >= 15 is 0 Å². The lowest BCUT2D eigenvalue weighted by Gasteiger charge is -2.43. The van der Waals surface area contributed by atoms with Crippen LogP contribution in [0, 0.1) is 0 Å². The summed E-state index contributed by atoms with van der Waals surface area (Å²) in [6.45, 7) is 21.5. The number of carbonyl (C=O) groups excluding carboxylic acids is 3. The third-order valence-corrected chi connectivity index (χ3v) is 11.5. The molecule has 1 N–H and O–H groups in total. The summed E-state index contributed by atoms with van der Waals surface area (Å²) >= 11 is 0. The van der Waals surface area contributed by atoms with E-state index in [-0.39, 0.29) is 23.5 Å². The van der Waals surface area contributed by atoms with Gasteiger partial charge in [0.05, 0.1) is 90.8 Å². The van der Waals surface area contributed by atoms with E-state index in [4.69, 9.17) is 9.47 Å². The highest BCUT2D eigenvalue weighted by Crippen LogP contribution is 2.23. The number of allylic oxidation sites excluding steroid dienone is 3. The molecule has 10 heteroatoms. The first-order valence-corrected chi connectivity index (χ1v) is 21.7. The van der Waals surface area contributed by atoms with Gasteiger partial charge in [-0.3, -0.25) is 4.79 Å². The monoisotopic (exact) mass is 811 g/mol. The zero-order valence-electron chi connectivity index (χ0n) is 36.3. The van der Waals surface area contributed by atoms with E-state index in [1.165, 1.54) is 18.2 Å². The van der Waals surface area contributed by atoms with Crippen LogP contribution in [-0.4, -0.2) is 125 Å². The summed E-state index contributed by atoms with van der Waals surface area (Å²) in [6, 6.07) is 16.2. The number of nitrogens with zero attached hydrogens (tertiary/aromatic N) is 4. The number of quaternary nitrogens is 2. The van der Waals surface area contributed by atoms with Crippen molar-refractivity contribution < 1.29 is 37.9 Å². The van der Waals surface area contributed by atoms with E-state index in [1.807, 2.05) is 24.3 Å². The molecule has 0 radical (unpaired) electrons. The largest absolute Gasteiger partial charge is 0.508 e. The highest BCUT2D eigenvalue weighted by molar-refractivity contribution is 6.02. The molecule has 2 aliphatic rings. The molecule has 2 fully saturated rings. The molecule has 4 rings (SSSR count). The van der Waals surface area contributed by atoms with Crippen molar-refractivity contribution in [2.24, 2.45) is 0 Å². The van der Waals surface area contributed by atoms with Crippen LogP contribution >= 0.6 is 0 Å². The third kappa shape index (κ3) is 16.0. The summed E-state index contributed by atoms with van der Waals surface area (Å²) in [5, 5.41) is 10.4. The second-order valence-electron chi connectivity index (χ2n) is 16.8. The minimum Gasteiger partial charge on any atom is -0.508 e. The van der Waals surface area contributed by atoms with Crippen LogP contribution in [0.4, 0.5) is 11.4 Å². The van der Waals surface area contributed by atoms with E-state index < -0.39 is 0 Å². The van der Waals surface area contributed by atoms with Gasteiger partial charge in [0.1, 0.15) is 18.8 Å². The number of aliphatic hydroxyl groups excluding tert-OH is 1. The number of ether oxygens (including phenoxy) is 2. The number of hydrogen-bond acceptors (Lipinski definition) is 8. The first-order valence-electron chi connectivity index (χ1n) is 21.7. The van der Waals surface area contributed by atoms with Gasteiger partial charge < -0.3 is 33.3 Å². The number of hydrogen-bond donors (Lipinski definition) is 1. The molecule has 0 unspecified atom stereocenters. The minimum atomic E-state index is -0.306. The molecule has 59 heavy (non-hydrogen) atoms. The molecule has 2 heterocycles. The van der Waals surface area contributed by atoms with Crippen molar-refractivity contribution in [2.75, 3.05) is 103 Å². The molecule has 320 valence electrons. The van der Waals surface area contributed by atoms with Crippen molar-refractivity contribution >= 4 is 41.2 Å². The molecule has 0 amide bonds. The van der Waals surface area contributed by atoms with Crippen LogP contribution < -0.4 is 9.80 Å². The van der Waals surface area contributed by atoms with Crippen LogP contribution in [0.2, 0.25) is 0 Å². The second kappa shape index (κ2) is 23.6. The van der Waals surface area contributed by atoms with Crippen molar-refractivity contribution in [3.63, 3.8) is 0 Å². The van der Waals surface area contributed by atoms with E-state index in [0.717, 1.165) is 135 Å². The maximum absolute atomic E-state index is 12.6. The lowest BCUT2D eigenvalue weighted by Crippen LogP contribution is -2.58. The number of piperazine rings is 2. The van der Waals surface area contributed by atoms with Gasteiger partial charge in [-0.15, -0.1) is 0 Å². The number of likely N-dealkylation sites (N-methyl/N-ethyl adjacent to an activating group) is 2. The molecule has 2 aromatic carbocycles. The standard InChI is InChI=1S/C49H69N4O6/c1-7-9-11-13-35-58-48(56)40(3)38-52(5)31-27-50(28-32-52)44-21-15-42(16-22-44)19-25-46(54)37-47(55)26-20-43-17-23-45(24-18-43)51-29-33-53(6,34-30-51)39-41(4)49(57)59-36-14-12-10-8-2/h15-26,37H,3-4,7-14,27-36,38-39H2,1-2,5-6H3/q+1/p+1/b25-19+,26-20+. The van der Waals surface area contributed by atoms with E-state index in [0.29, 0.717) is 37.4 Å². The molecule has 0 aliphatic carbocycles. The quantitative estimate of drug-likeness (QED) is 0.0299. The zero-order chi connectivity index (χ0) is 42.7. The Morgan fingerprint density at radius 3 is 1.41 bits per heavy atom. The number of rotatable bonds is 23. The number of ketones is 1. The van der Waals surface area contributed by atoms with Crippen LogP contribution in [-0.2, 0) is 23.9 Å². The summed E-state index contributed by atoms with van der Waals surface area (Å²) in [6.07, 6.45) is 16.3. The lowest BCUT2D eigenvalue weighted by molar-refractivity contribution is -0.905. The van der Waals surface area contributed by atoms with Crippen LogP contribution in [0.5, 0.6) is 0 Å². The highest BCUT2D eigenvalue weighted by atomic mass is 16.5. The Kier molecular flexibility index (Phi) is 18.7.